The number of carbonyl (C=O) groups excluding carboxylic acids is 1. The van der Waals surface area contributed by atoms with Gasteiger partial charge in [0.25, 0.3) is 0 Å². The van der Waals surface area contributed by atoms with E-state index in [2.05, 4.69) is 5.32 Å². The largest absolute Gasteiger partial charge is 0.481 e. The van der Waals surface area contributed by atoms with Crippen molar-refractivity contribution in [2.24, 2.45) is 0 Å². The van der Waals surface area contributed by atoms with Crippen LogP contribution in [0.15, 0.2) is 30.3 Å². The Balaban J connectivity index is 2.06. The fraction of sp³-hybridized carbons (Fsp3) is 0.529. The van der Waals surface area contributed by atoms with Crippen LogP contribution in [0.5, 0.6) is 0 Å². The maximum absolute atomic E-state index is 12.5. The number of nitrogens with one attached hydrogen (secondary N) is 1. The molecular formula is C17H23NO3. The van der Waals surface area contributed by atoms with Crippen molar-refractivity contribution in [2.45, 2.75) is 57.0 Å². The van der Waals surface area contributed by atoms with Crippen LogP contribution in [0.2, 0.25) is 0 Å². The minimum atomic E-state index is -0.939. The predicted molar refractivity (Wildman–Crippen MR) is 81.4 cm³/mol. The van der Waals surface area contributed by atoms with E-state index in [1.165, 1.54) is 12.8 Å². The second kappa shape index (κ2) is 7.93. The predicted octanol–water partition coefficient (Wildman–Crippen LogP) is 3.03. The average Bonchev–Trinajstić information content (AvgIpc) is 2.75. The van der Waals surface area contributed by atoms with Gasteiger partial charge in [-0.2, -0.15) is 0 Å². The molecule has 0 radical (unpaired) electrons. The number of aliphatic carboxylic acids is 1. The molecule has 1 unspecified atom stereocenters. The van der Waals surface area contributed by atoms with Crippen LogP contribution < -0.4 is 5.32 Å². The van der Waals surface area contributed by atoms with Crippen LogP contribution in [-0.2, 0) is 4.79 Å². The van der Waals surface area contributed by atoms with Crippen LogP contribution >= 0.6 is 0 Å². The molecule has 2 rings (SSSR count). The lowest BCUT2D eigenvalue weighted by atomic mass is 9.99. The molecule has 0 aromatic heterocycles. The van der Waals surface area contributed by atoms with Gasteiger partial charge in [-0.1, -0.05) is 56.0 Å². The SMILES string of the molecule is O=C(O)CC(NC1CCCCCC1)C(=O)c1ccccc1. The van der Waals surface area contributed by atoms with Crippen molar-refractivity contribution in [3.8, 4) is 0 Å². The maximum Gasteiger partial charge on any atom is 0.305 e. The highest BCUT2D eigenvalue weighted by Crippen LogP contribution is 2.19. The molecule has 2 N–H and O–H groups in total. The number of carboxylic acids is 1. The van der Waals surface area contributed by atoms with E-state index in [0.29, 0.717) is 5.56 Å². The summed E-state index contributed by atoms with van der Waals surface area (Å²) >= 11 is 0. The zero-order valence-electron chi connectivity index (χ0n) is 12.3. The lowest BCUT2D eigenvalue weighted by molar-refractivity contribution is -0.137. The number of benzene rings is 1. The van der Waals surface area contributed by atoms with Gasteiger partial charge in [-0.25, -0.2) is 0 Å². The third-order valence-electron chi connectivity index (χ3n) is 4.05. The van der Waals surface area contributed by atoms with Crippen molar-refractivity contribution in [3.05, 3.63) is 35.9 Å². The molecule has 0 heterocycles. The Morgan fingerprint density at radius 1 is 1.10 bits per heavy atom. The summed E-state index contributed by atoms with van der Waals surface area (Å²) in [6.07, 6.45) is 6.65. The van der Waals surface area contributed by atoms with Gasteiger partial charge in [-0.15, -0.1) is 0 Å². The Morgan fingerprint density at radius 2 is 1.71 bits per heavy atom. The molecule has 114 valence electrons. The first kappa shape index (κ1) is 15.7. The first-order valence-electron chi connectivity index (χ1n) is 7.74. The van der Waals surface area contributed by atoms with Gasteiger partial charge in [-0.3, -0.25) is 9.59 Å². The van der Waals surface area contributed by atoms with Crippen molar-refractivity contribution < 1.29 is 14.7 Å². The highest BCUT2D eigenvalue weighted by Gasteiger charge is 2.25. The number of rotatable bonds is 6. The first-order chi connectivity index (χ1) is 10.2. The van der Waals surface area contributed by atoms with Crippen LogP contribution in [-0.4, -0.2) is 28.9 Å². The summed E-state index contributed by atoms with van der Waals surface area (Å²) in [5.41, 5.74) is 0.574. The molecule has 1 fully saturated rings. The Bertz CT molecular complexity index is 464. The van der Waals surface area contributed by atoms with E-state index in [9.17, 15) is 9.59 Å². The number of carbonyl (C=O) groups is 2. The minimum Gasteiger partial charge on any atom is -0.481 e. The lowest BCUT2D eigenvalue weighted by Crippen LogP contribution is -2.44. The van der Waals surface area contributed by atoms with E-state index in [1.807, 2.05) is 6.07 Å². The molecule has 0 aliphatic heterocycles. The van der Waals surface area contributed by atoms with E-state index >= 15 is 0 Å². The molecule has 4 heteroatoms. The molecule has 1 aromatic carbocycles. The van der Waals surface area contributed by atoms with Crippen molar-refractivity contribution in [3.63, 3.8) is 0 Å². The normalized spacial score (nSPS) is 17.9. The van der Waals surface area contributed by atoms with Crippen LogP contribution in [0, 0.1) is 0 Å². The van der Waals surface area contributed by atoms with Gasteiger partial charge in [0.15, 0.2) is 5.78 Å². The van der Waals surface area contributed by atoms with Crippen molar-refractivity contribution in [1.82, 2.24) is 5.32 Å². The molecule has 1 atom stereocenters. The Labute approximate surface area is 125 Å². The summed E-state index contributed by atoms with van der Waals surface area (Å²) in [7, 11) is 0. The summed E-state index contributed by atoms with van der Waals surface area (Å²) < 4.78 is 0. The third-order valence-corrected chi connectivity index (χ3v) is 4.05. The van der Waals surface area contributed by atoms with Crippen LogP contribution in [0.1, 0.15) is 55.3 Å². The highest BCUT2D eigenvalue weighted by atomic mass is 16.4. The van der Waals surface area contributed by atoms with E-state index < -0.39 is 12.0 Å². The number of hydrogen-bond acceptors (Lipinski definition) is 3. The summed E-state index contributed by atoms with van der Waals surface area (Å²) in [6.45, 7) is 0. The van der Waals surface area contributed by atoms with Gasteiger partial charge in [0.1, 0.15) is 0 Å². The smallest absolute Gasteiger partial charge is 0.305 e. The quantitative estimate of drug-likeness (QED) is 0.624. The average molecular weight is 289 g/mol. The fourth-order valence-corrected chi connectivity index (χ4v) is 2.94. The van der Waals surface area contributed by atoms with E-state index in [0.717, 1.165) is 25.7 Å². The summed E-state index contributed by atoms with van der Waals surface area (Å²) in [5, 5.41) is 12.4. The molecule has 1 aromatic rings. The number of ketones is 1. The molecule has 1 aliphatic rings. The van der Waals surface area contributed by atoms with Crippen LogP contribution in [0.25, 0.3) is 0 Å². The fourth-order valence-electron chi connectivity index (χ4n) is 2.94. The zero-order valence-corrected chi connectivity index (χ0v) is 12.3. The zero-order chi connectivity index (χ0) is 15.1. The molecule has 1 saturated carbocycles. The first-order valence-corrected chi connectivity index (χ1v) is 7.74. The third kappa shape index (κ3) is 4.97. The number of Topliss-reactive ketones (excluding diaryl/α,β-unsaturated/α-hetero) is 1. The molecule has 4 nitrogen and oxygen atoms in total. The molecular weight excluding hydrogens is 266 g/mol. The van der Waals surface area contributed by atoms with Crippen molar-refractivity contribution in [1.29, 1.82) is 0 Å². The molecule has 21 heavy (non-hydrogen) atoms. The van der Waals surface area contributed by atoms with Gasteiger partial charge < -0.3 is 10.4 Å². The highest BCUT2D eigenvalue weighted by molar-refractivity contribution is 6.01. The van der Waals surface area contributed by atoms with Gasteiger partial charge in [0, 0.05) is 11.6 Å². The second-order valence-electron chi connectivity index (χ2n) is 5.74. The summed E-state index contributed by atoms with van der Waals surface area (Å²) in [5.74, 6) is -1.06. The Kier molecular flexibility index (Phi) is 5.93. The maximum atomic E-state index is 12.5. The topological polar surface area (TPSA) is 66.4 Å². The lowest BCUT2D eigenvalue weighted by Gasteiger charge is -2.23. The van der Waals surface area contributed by atoms with E-state index in [4.69, 9.17) is 5.11 Å². The molecule has 0 bridgehead atoms. The number of carboxylic acid groups (broad SMARTS) is 1. The summed E-state index contributed by atoms with van der Waals surface area (Å²) in [4.78, 5) is 23.6. The molecule has 0 spiro atoms. The molecule has 0 saturated heterocycles. The van der Waals surface area contributed by atoms with Crippen molar-refractivity contribution in [2.75, 3.05) is 0 Å². The van der Waals surface area contributed by atoms with Gasteiger partial charge in [0.2, 0.25) is 0 Å². The van der Waals surface area contributed by atoms with Gasteiger partial charge in [-0.05, 0) is 12.8 Å². The minimum absolute atomic E-state index is 0.123. The Hall–Kier alpha value is -1.68. The van der Waals surface area contributed by atoms with Gasteiger partial charge >= 0.3 is 5.97 Å². The van der Waals surface area contributed by atoms with Crippen LogP contribution in [0.4, 0.5) is 0 Å². The summed E-state index contributed by atoms with van der Waals surface area (Å²) in [6, 6.07) is 8.56. The van der Waals surface area contributed by atoms with E-state index in [1.54, 1.807) is 24.3 Å². The Morgan fingerprint density at radius 3 is 2.29 bits per heavy atom. The second-order valence-corrected chi connectivity index (χ2v) is 5.74. The number of hydrogen-bond donors (Lipinski definition) is 2. The van der Waals surface area contributed by atoms with Crippen LogP contribution in [0.3, 0.4) is 0 Å². The molecule has 0 amide bonds. The van der Waals surface area contributed by atoms with Gasteiger partial charge in [0.05, 0.1) is 12.5 Å². The molecule has 1 aliphatic carbocycles. The standard InChI is InChI=1S/C17H23NO3/c19-16(20)12-15(17(21)13-8-4-3-5-9-13)18-14-10-6-1-2-7-11-14/h3-5,8-9,14-15,18H,1-2,6-7,10-12H2,(H,19,20). The monoisotopic (exact) mass is 289 g/mol. The van der Waals surface area contributed by atoms with E-state index in [-0.39, 0.29) is 18.2 Å². The van der Waals surface area contributed by atoms with Crippen molar-refractivity contribution >= 4 is 11.8 Å².